The molecule has 0 unspecified atom stereocenters. The van der Waals surface area contributed by atoms with Crippen molar-refractivity contribution in [2.45, 2.75) is 38.6 Å². The molecular weight excluding hydrogens is 460 g/mol. The zero-order valence-electron chi connectivity index (χ0n) is 21.9. The lowest BCUT2D eigenvalue weighted by molar-refractivity contribution is 0.0712. The summed E-state index contributed by atoms with van der Waals surface area (Å²) in [7, 11) is 1.71. The fraction of sp³-hybridized carbons (Fsp3) is 0.406. The number of nitrogens with zero attached hydrogens (tertiary/aromatic N) is 2. The molecule has 0 atom stereocenters. The van der Waals surface area contributed by atoms with Crippen LogP contribution in [0.3, 0.4) is 0 Å². The SMILES string of the molecule is COc1cccc(CCc2ccccc2OCCCN2CCC(CN3Cc4ccccc4C3=O)CC2)c1. The third-order valence-corrected chi connectivity index (χ3v) is 7.75. The van der Waals surface area contributed by atoms with Crippen LogP contribution in [0.1, 0.15) is 46.3 Å². The molecule has 2 aliphatic rings. The lowest BCUT2D eigenvalue weighted by atomic mass is 9.96. The number of methoxy groups -OCH3 is 1. The third kappa shape index (κ3) is 6.53. The van der Waals surface area contributed by atoms with Gasteiger partial charge in [-0.05, 0) is 92.1 Å². The van der Waals surface area contributed by atoms with Crippen LogP contribution in [0, 0.1) is 5.92 Å². The first kappa shape index (κ1) is 25.3. The van der Waals surface area contributed by atoms with Crippen LogP contribution >= 0.6 is 0 Å². The summed E-state index contributed by atoms with van der Waals surface area (Å²) >= 11 is 0. The van der Waals surface area contributed by atoms with Crippen molar-refractivity contribution in [1.82, 2.24) is 9.80 Å². The number of likely N-dealkylation sites (tertiary alicyclic amines) is 1. The maximum atomic E-state index is 12.7. The number of ether oxygens (including phenoxy) is 2. The number of aryl methyl sites for hydroxylation is 2. The molecule has 2 heterocycles. The van der Waals surface area contributed by atoms with Gasteiger partial charge >= 0.3 is 0 Å². The first-order valence-electron chi connectivity index (χ1n) is 13.6. The predicted molar refractivity (Wildman–Crippen MR) is 147 cm³/mol. The van der Waals surface area contributed by atoms with E-state index in [1.807, 2.05) is 35.2 Å². The highest BCUT2D eigenvalue weighted by Gasteiger charge is 2.30. The number of hydrogen-bond acceptors (Lipinski definition) is 4. The van der Waals surface area contributed by atoms with Gasteiger partial charge in [0.25, 0.3) is 5.91 Å². The van der Waals surface area contributed by atoms with Gasteiger partial charge in [0.1, 0.15) is 11.5 Å². The third-order valence-electron chi connectivity index (χ3n) is 7.75. The van der Waals surface area contributed by atoms with E-state index >= 15 is 0 Å². The van der Waals surface area contributed by atoms with Crippen LogP contribution in [0.4, 0.5) is 0 Å². The summed E-state index contributed by atoms with van der Waals surface area (Å²) < 4.78 is 11.6. The van der Waals surface area contributed by atoms with Crippen LogP contribution in [0.25, 0.3) is 0 Å². The van der Waals surface area contributed by atoms with Crippen molar-refractivity contribution in [2.75, 3.05) is 39.9 Å². The number of para-hydroxylation sites is 1. The molecule has 0 N–H and O–H groups in total. The fourth-order valence-electron chi connectivity index (χ4n) is 5.59. The van der Waals surface area contributed by atoms with Gasteiger partial charge in [-0.15, -0.1) is 0 Å². The Bertz CT molecular complexity index is 1190. The minimum Gasteiger partial charge on any atom is -0.497 e. The van der Waals surface area contributed by atoms with Crippen LogP contribution in [-0.2, 0) is 19.4 Å². The van der Waals surface area contributed by atoms with Crippen molar-refractivity contribution in [3.8, 4) is 11.5 Å². The molecule has 5 rings (SSSR count). The smallest absolute Gasteiger partial charge is 0.254 e. The Morgan fingerprint density at radius 1 is 0.919 bits per heavy atom. The second kappa shape index (κ2) is 12.3. The van der Waals surface area contributed by atoms with E-state index in [2.05, 4.69) is 47.4 Å². The van der Waals surface area contributed by atoms with Gasteiger partial charge in [-0.25, -0.2) is 0 Å². The summed E-state index contributed by atoms with van der Waals surface area (Å²) in [5.74, 6) is 2.71. The Balaban J connectivity index is 1.01. The van der Waals surface area contributed by atoms with Crippen molar-refractivity contribution >= 4 is 5.91 Å². The molecule has 3 aromatic carbocycles. The highest BCUT2D eigenvalue weighted by molar-refractivity contribution is 5.98. The Morgan fingerprint density at radius 2 is 1.73 bits per heavy atom. The fourth-order valence-corrected chi connectivity index (χ4v) is 5.59. The molecule has 5 nitrogen and oxygen atoms in total. The maximum absolute atomic E-state index is 12.7. The highest BCUT2D eigenvalue weighted by Crippen LogP contribution is 2.27. The van der Waals surface area contributed by atoms with Gasteiger partial charge in [-0.1, -0.05) is 48.5 Å². The van der Waals surface area contributed by atoms with Crippen LogP contribution in [0.15, 0.2) is 72.8 Å². The first-order chi connectivity index (χ1) is 18.2. The number of carbonyl (C=O) groups is 1. The standard InChI is InChI=1S/C32H38N2O3/c1-36-29-11-6-8-25(22-29)14-15-27-9-3-5-13-31(27)37-21-7-18-33-19-16-26(17-20-33)23-34-24-28-10-2-4-12-30(28)32(34)35/h2-6,8-13,22,26H,7,14-21,23-24H2,1H3. The minimum atomic E-state index is 0.207. The van der Waals surface area contributed by atoms with Gasteiger partial charge in [0, 0.05) is 25.2 Å². The molecule has 2 aliphatic heterocycles. The second-order valence-corrected chi connectivity index (χ2v) is 10.3. The largest absolute Gasteiger partial charge is 0.497 e. The van der Waals surface area contributed by atoms with Gasteiger partial charge in [-0.3, -0.25) is 4.79 Å². The number of carbonyl (C=O) groups excluding carboxylic acids is 1. The van der Waals surface area contributed by atoms with E-state index in [9.17, 15) is 4.79 Å². The van der Waals surface area contributed by atoms with E-state index in [4.69, 9.17) is 9.47 Å². The Hall–Kier alpha value is -3.31. The molecule has 0 radical (unpaired) electrons. The van der Waals surface area contributed by atoms with Crippen molar-refractivity contribution < 1.29 is 14.3 Å². The predicted octanol–water partition coefficient (Wildman–Crippen LogP) is 5.62. The zero-order valence-corrected chi connectivity index (χ0v) is 21.9. The summed E-state index contributed by atoms with van der Waals surface area (Å²) in [6.07, 6.45) is 5.25. The average molecular weight is 499 g/mol. The van der Waals surface area contributed by atoms with Crippen molar-refractivity contribution in [1.29, 1.82) is 0 Å². The summed E-state index contributed by atoms with van der Waals surface area (Å²) in [6, 6.07) is 24.7. The highest BCUT2D eigenvalue weighted by atomic mass is 16.5. The molecule has 194 valence electrons. The number of amides is 1. The molecule has 1 amide bonds. The Morgan fingerprint density at radius 3 is 2.57 bits per heavy atom. The molecular formula is C32H38N2O3. The topological polar surface area (TPSA) is 42.0 Å². The summed E-state index contributed by atoms with van der Waals surface area (Å²) in [5.41, 5.74) is 4.59. The van der Waals surface area contributed by atoms with Gasteiger partial charge in [-0.2, -0.15) is 0 Å². The summed E-state index contributed by atoms with van der Waals surface area (Å²) in [5, 5.41) is 0. The normalized spacial score (nSPS) is 16.1. The summed E-state index contributed by atoms with van der Waals surface area (Å²) in [4.78, 5) is 17.3. The van der Waals surface area contributed by atoms with Gasteiger partial charge in [0.2, 0.25) is 0 Å². The molecule has 3 aromatic rings. The average Bonchev–Trinajstić information content (AvgIpc) is 3.26. The van der Waals surface area contributed by atoms with E-state index in [-0.39, 0.29) is 5.91 Å². The lowest BCUT2D eigenvalue weighted by Crippen LogP contribution is -2.39. The van der Waals surface area contributed by atoms with E-state index < -0.39 is 0 Å². The lowest BCUT2D eigenvalue weighted by Gasteiger charge is -2.33. The molecule has 0 aliphatic carbocycles. The van der Waals surface area contributed by atoms with Crippen LogP contribution < -0.4 is 9.47 Å². The molecule has 1 fully saturated rings. The maximum Gasteiger partial charge on any atom is 0.254 e. The van der Waals surface area contributed by atoms with Crippen LogP contribution in [0.2, 0.25) is 0 Å². The minimum absolute atomic E-state index is 0.207. The molecule has 0 bridgehead atoms. The van der Waals surface area contributed by atoms with Crippen molar-refractivity contribution in [3.05, 3.63) is 95.1 Å². The number of benzene rings is 3. The van der Waals surface area contributed by atoms with Gasteiger partial charge < -0.3 is 19.3 Å². The van der Waals surface area contributed by atoms with E-state index in [0.717, 1.165) is 88.5 Å². The molecule has 0 saturated carbocycles. The Labute approximate surface area is 221 Å². The van der Waals surface area contributed by atoms with Crippen LogP contribution in [-0.4, -0.2) is 55.6 Å². The van der Waals surface area contributed by atoms with E-state index in [1.165, 1.54) is 16.7 Å². The van der Waals surface area contributed by atoms with Crippen molar-refractivity contribution in [3.63, 3.8) is 0 Å². The monoisotopic (exact) mass is 498 g/mol. The Kier molecular flexibility index (Phi) is 8.42. The van der Waals surface area contributed by atoms with Crippen molar-refractivity contribution in [2.24, 2.45) is 5.92 Å². The number of piperidine rings is 1. The van der Waals surface area contributed by atoms with Gasteiger partial charge in [0.05, 0.1) is 13.7 Å². The summed E-state index contributed by atoms with van der Waals surface area (Å²) in [6.45, 7) is 5.67. The molecule has 0 aromatic heterocycles. The molecule has 1 saturated heterocycles. The molecule has 37 heavy (non-hydrogen) atoms. The molecule has 0 spiro atoms. The quantitative estimate of drug-likeness (QED) is 0.322. The van der Waals surface area contributed by atoms with Gasteiger partial charge in [0.15, 0.2) is 0 Å². The molecule has 5 heteroatoms. The number of rotatable bonds is 11. The van der Waals surface area contributed by atoms with E-state index in [1.54, 1.807) is 7.11 Å². The van der Waals surface area contributed by atoms with E-state index in [0.29, 0.717) is 5.92 Å². The number of fused-ring (bicyclic) bond motifs is 1. The zero-order chi connectivity index (χ0) is 25.5. The van der Waals surface area contributed by atoms with Crippen LogP contribution in [0.5, 0.6) is 11.5 Å². The first-order valence-corrected chi connectivity index (χ1v) is 13.6. The number of hydrogen-bond donors (Lipinski definition) is 0. The second-order valence-electron chi connectivity index (χ2n) is 10.3.